The second-order valence-electron chi connectivity index (χ2n) is 5.82. The number of halogens is 1. The predicted molar refractivity (Wildman–Crippen MR) is 71.6 cm³/mol. The summed E-state index contributed by atoms with van der Waals surface area (Å²) < 4.78 is 13.7. The molecule has 2 fully saturated rings. The molecule has 21 heavy (non-hydrogen) atoms. The van der Waals surface area contributed by atoms with Gasteiger partial charge in [-0.05, 0) is 25.0 Å². The molecule has 0 aromatic heterocycles. The molecule has 6 heteroatoms. The molecule has 2 N–H and O–H groups in total. The fourth-order valence-electron chi connectivity index (χ4n) is 3.62. The number of nitrogens with zero attached hydrogens (tertiary/aromatic N) is 1. The van der Waals surface area contributed by atoms with Crippen LogP contribution in [0.5, 0.6) is 0 Å². The number of carbonyl (C=O) groups excluding carboxylic acids is 1. The van der Waals surface area contributed by atoms with Crippen molar-refractivity contribution in [1.82, 2.24) is 4.90 Å². The third-order valence-corrected chi connectivity index (χ3v) is 4.53. The van der Waals surface area contributed by atoms with Crippen LogP contribution in [0.25, 0.3) is 0 Å². The second kappa shape index (κ2) is 4.80. The molecule has 2 aliphatic rings. The summed E-state index contributed by atoms with van der Waals surface area (Å²) in [4.78, 5) is 25.0. The zero-order valence-corrected chi connectivity index (χ0v) is 11.3. The van der Waals surface area contributed by atoms with Crippen LogP contribution in [-0.4, -0.2) is 44.7 Å². The van der Waals surface area contributed by atoms with Gasteiger partial charge in [-0.2, -0.15) is 0 Å². The molecule has 2 saturated heterocycles. The van der Waals surface area contributed by atoms with Crippen LogP contribution in [0.1, 0.15) is 36.0 Å². The van der Waals surface area contributed by atoms with Crippen molar-refractivity contribution in [2.24, 2.45) is 0 Å². The molecule has 5 nitrogen and oxygen atoms in total. The lowest BCUT2D eigenvalue weighted by Gasteiger charge is -2.41. The number of ketones is 1. The van der Waals surface area contributed by atoms with E-state index in [1.807, 2.05) is 0 Å². The van der Waals surface area contributed by atoms with Crippen LogP contribution in [-0.2, 0) is 0 Å². The number of benzene rings is 1. The highest BCUT2D eigenvalue weighted by Crippen LogP contribution is 2.42. The van der Waals surface area contributed by atoms with Crippen molar-refractivity contribution in [2.75, 3.05) is 0 Å². The van der Waals surface area contributed by atoms with Crippen LogP contribution in [0.15, 0.2) is 24.3 Å². The van der Waals surface area contributed by atoms with E-state index in [2.05, 4.69) is 0 Å². The molecule has 112 valence electrons. The van der Waals surface area contributed by atoms with Gasteiger partial charge in [0, 0.05) is 24.9 Å². The van der Waals surface area contributed by atoms with Gasteiger partial charge in [-0.1, -0.05) is 12.1 Å². The fourth-order valence-corrected chi connectivity index (χ4v) is 3.62. The number of hydrogen-bond donors (Lipinski definition) is 2. The second-order valence-corrected chi connectivity index (χ2v) is 5.82. The average molecular weight is 293 g/mol. The van der Waals surface area contributed by atoms with Gasteiger partial charge >= 0.3 is 6.09 Å². The Kier molecular flexibility index (Phi) is 3.20. The molecule has 3 rings (SSSR count). The summed E-state index contributed by atoms with van der Waals surface area (Å²) in [6.07, 6.45) is 0.294. The van der Waals surface area contributed by atoms with Gasteiger partial charge in [0.05, 0.1) is 5.56 Å². The van der Waals surface area contributed by atoms with Crippen molar-refractivity contribution in [2.45, 2.75) is 43.4 Å². The van der Waals surface area contributed by atoms with E-state index in [0.29, 0.717) is 12.8 Å². The molecule has 2 aliphatic heterocycles. The summed E-state index contributed by atoms with van der Waals surface area (Å²) in [5.74, 6) is -1.31. The lowest BCUT2D eigenvalue weighted by Crippen LogP contribution is -2.56. The van der Waals surface area contributed by atoms with E-state index in [1.165, 1.54) is 23.1 Å². The maximum Gasteiger partial charge on any atom is 0.407 e. The Hall–Kier alpha value is -1.95. The number of rotatable bonds is 2. The average Bonchev–Trinajstić information content (AvgIpc) is 2.72. The third-order valence-electron chi connectivity index (χ3n) is 4.53. The van der Waals surface area contributed by atoms with E-state index in [-0.39, 0.29) is 30.5 Å². The first-order valence-electron chi connectivity index (χ1n) is 6.95. The molecule has 0 unspecified atom stereocenters. The molecule has 0 saturated carbocycles. The monoisotopic (exact) mass is 293 g/mol. The number of hydrogen-bond acceptors (Lipinski definition) is 3. The number of aliphatic hydroxyl groups is 1. The summed E-state index contributed by atoms with van der Waals surface area (Å²) in [6, 6.07) is 4.80. The Morgan fingerprint density at radius 1 is 1.19 bits per heavy atom. The standard InChI is InChI=1S/C15H16FNO4/c16-12-4-2-1-3-11(12)13(18)15(21)7-9-5-6-10(8-15)17(9)14(19)20/h1-4,9-10,21H,5-8H2,(H,19,20)/t9-,10+,15+. The quantitative estimate of drug-likeness (QED) is 0.818. The minimum atomic E-state index is -1.68. The number of carbonyl (C=O) groups is 2. The van der Waals surface area contributed by atoms with Crippen LogP contribution in [0.3, 0.4) is 0 Å². The first-order valence-corrected chi connectivity index (χ1v) is 6.95. The van der Waals surface area contributed by atoms with Gasteiger partial charge in [-0.25, -0.2) is 9.18 Å². The van der Waals surface area contributed by atoms with Crippen molar-refractivity contribution in [3.63, 3.8) is 0 Å². The number of Topliss-reactive ketones (excluding diaryl/α,β-unsaturated/α-hetero) is 1. The van der Waals surface area contributed by atoms with Crippen molar-refractivity contribution in [1.29, 1.82) is 0 Å². The molecule has 0 aliphatic carbocycles. The Morgan fingerprint density at radius 2 is 1.76 bits per heavy atom. The van der Waals surface area contributed by atoms with E-state index in [0.717, 1.165) is 0 Å². The first-order chi connectivity index (χ1) is 9.92. The summed E-state index contributed by atoms with van der Waals surface area (Å²) >= 11 is 0. The van der Waals surface area contributed by atoms with Gasteiger partial charge in [-0.15, -0.1) is 0 Å². The topological polar surface area (TPSA) is 77.8 Å². The van der Waals surface area contributed by atoms with Gasteiger partial charge in [0.2, 0.25) is 0 Å². The molecule has 2 heterocycles. The zero-order chi connectivity index (χ0) is 15.2. The van der Waals surface area contributed by atoms with E-state index < -0.39 is 23.3 Å². The van der Waals surface area contributed by atoms with Crippen LogP contribution in [0, 0.1) is 5.82 Å². The van der Waals surface area contributed by atoms with Crippen LogP contribution < -0.4 is 0 Å². The Morgan fingerprint density at radius 3 is 2.29 bits per heavy atom. The van der Waals surface area contributed by atoms with Crippen molar-refractivity contribution in [3.8, 4) is 0 Å². The van der Waals surface area contributed by atoms with Crippen LogP contribution >= 0.6 is 0 Å². The first kappa shape index (κ1) is 14.0. The maximum atomic E-state index is 13.7. The van der Waals surface area contributed by atoms with Crippen molar-refractivity contribution >= 4 is 11.9 Å². The third kappa shape index (κ3) is 2.19. The highest BCUT2D eigenvalue weighted by molar-refractivity contribution is 6.02. The molecule has 1 aromatic carbocycles. The van der Waals surface area contributed by atoms with E-state index >= 15 is 0 Å². The molecule has 2 bridgehead atoms. The minimum Gasteiger partial charge on any atom is -0.465 e. The van der Waals surface area contributed by atoms with E-state index in [9.17, 15) is 24.2 Å². The molecule has 0 radical (unpaired) electrons. The normalized spacial score (nSPS) is 31.2. The SMILES string of the molecule is O=C(O)N1[C@@H]2CC[C@H]1C[C@](O)(C(=O)c1ccccc1F)C2. The van der Waals surface area contributed by atoms with Crippen LogP contribution in [0.4, 0.5) is 9.18 Å². The fraction of sp³-hybridized carbons (Fsp3) is 0.467. The molecule has 3 atom stereocenters. The number of fused-ring (bicyclic) bond motifs is 2. The smallest absolute Gasteiger partial charge is 0.407 e. The Bertz CT molecular complexity index is 589. The van der Waals surface area contributed by atoms with Crippen molar-refractivity contribution < 1.29 is 24.2 Å². The highest BCUT2D eigenvalue weighted by Gasteiger charge is 2.53. The maximum absolute atomic E-state index is 13.7. The highest BCUT2D eigenvalue weighted by atomic mass is 19.1. The molecule has 1 aromatic rings. The van der Waals surface area contributed by atoms with E-state index in [4.69, 9.17) is 0 Å². The lowest BCUT2D eigenvalue weighted by atomic mass is 9.80. The summed E-state index contributed by atoms with van der Waals surface area (Å²) in [5, 5.41) is 19.9. The zero-order valence-electron chi connectivity index (χ0n) is 11.3. The predicted octanol–water partition coefficient (Wildman–Crippen LogP) is 2.04. The number of carboxylic acid groups (broad SMARTS) is 1. The molecular formula is C15H16FNO4. The Balaban J connectivity index is 1.89. The number of amides is 1. The van der Waals surface area contributed by atoms with Gasteiger partial charge in [-0.3, -0.25) is 4.79 Å². The molecule has 1 amide bonds. The largest absolute Gasteiger partial charge is 0.465 e. The van der Waals surface area contributed by atoms with Gasteiger partial charge in [0.25, 0.3) is 0 Å². The number of piperidine rings is 1. The van der Waals surface area contributed by atoms with Gasteiger partial charge in [0.1, 0.15) is 11.4 Å². The van der Waals surface area contributed by atoms with E-state index in [1.54, 1.807) is 6.07 Å². The lowest BCUT2D eigenvalue weighted by molar-refractivity contribution is -0.0267. The molecular weight excluding hydrogens is 277 g/mol. The van der Waals surface area contributed by atoms with Gasteiger partial charge in [0.15, 0.2) is 5.78 Å². The van der Waals surface area contributed by atoms with Crippen molar-refractivity contribution in [3.05, 3.63) is 35.6 Å². The van der Waals surface area contributed by atoms with Gasteiger partial charge < -0.3 is 15.1 Å². The minimum absolute atomic E-state index is 0.0307. The Labute approximate surface area is 121 Å². The summed E-state index contributed by atoms with van der Waals surface area (Å²) in [5.41, 5.74) is -1.82. The summed E-state index contributed by atoms with van der Waals surface area (Å²) in [6.45, 7) is 0. The van der Waals surface area contributed by atoms with Crippen LogP contribution in [0.2, 0.25) is 0 Å². The summed E-state index contributed by atoms with van der Waals surface area (Å²) in [7, 11) is 0. The molecule has 0 spiro atoms.